The Hall–Kier alpha value is -0.475. The van der Waals surface area contributed by atoms with E-state index in [1.54, 1.807) is 0 Å². The van der Waals surface area contributed by atoms with Gasteiger partial charge in [0.05, 0.1) is 6.26 Å². The van der Waals surface area contributed by atoms with Crippen LogP contribution in [0.15, 0.2) is 12.8 Å². The van der Waals surface area contributed by atoms with Crippen molar-refractivity contribution >= 4 is 7.32 Å². The zero-order chi connectivity index (χ0) is 7.82. The van der Waals surface area contributed by atoms with Gasteiger partial charge in [0, 0.05) is 13.2 Å². The van der Waals surface area contributed by atoms with Gasteiger partial charge in [-0.15, -0.1) is 0 Å². The van der Waals surface area contributed by atoms with Gasteiger partial charge >= 0.3 is 7.32 Å². The fourth-order valence-electron chi connectivity index (χ4n) is 0.477. The van der Waals surface area contributed by atoms with E-state index in [0.717, 1.165) is 0 Å². The van der Waals surface area contributed by atoms with E-state index < -0.39 is 7.32 Å². The van der Waals surface area contributed by atoms with Crippen molar-refractivity contribution in [3.8, 4) is 0 Å². The number of hydrogen-bond donors (Lipinski definition) is 0. The van der Waals surface area contributed by atoms with Crippen molar-refractivity contribution in [2.24, 2.45) is 0 Å². The van der Waals surface area contributed by atoms with Gasteiger partial charge in [-0.05, 0) is 13.8 Å². The molecule has 0 saturated carbocycles. The Morgan fingerprint density at radius 1 is 1.30 bits per heavy atom. The summed E-state index contributed by atoms with van der Waals surface area (Å²) < 4.78 is 14.9. The summed E-state index contributed by atoms with van der Waals surface area (Å²) in [5.74, 6) is 0. The second-order valence-corrected chi connectivity index (χ2v) is 1.50. The SMILES string of the molecule is C=COB(OCC)OCC. The van der Waals surface area contributed by atoms with Crippen molar-refractivity contribution in [3.63, 3.8) is 0 Å². The molecule has 0 aliphatic heterocycles. The highest BCUT2D eigenvalue weighted by Crippen LogP contribution is 1.91. The maximum absolute atomic E-state index is 5.01. The molecule has 0 saturated heterocycles. The van der Waals surface area contributed by atoms with Gasteiger partial charge in [-0.3, -0.25) is 0 Å². The van der Waals surface area contributed by atoms with Crippen molar-refractivity contribution in [1.82, 2.24) is 0 Å². The lowest BCUT2D eigenvalue weighted by atomic mass is 10.2. The van der Waals surface area contributed by atoms with Crippen LogP contribution >= 0.6 is 0 Å². The molecule has 0 aliphatic carbocycles. The Labute approximate surface area is 62.1 Å². The lowest BCUT2D eigenvalue weighted by Crippen LogP contribution is -2.24. The van der Waals surface area contributed by atoms with Crippen LogP contribution in [-0.2, 0) is 14.0 Å². The molecule has 3 nitrogen and oxygen atoms in total. The zero-order valence-corrected chi connectivity index (χ0v) is 6.50. The van der Waals surface area contributed by atoms with Gasteiger partial charge in [0.15, 0.2) is 0 Å². The van der Waals surface area contributed by atoms with Gasteiger partial charge in [-0.1, -0.05) is 6.58 Å². The minimum Gasteiger partial charge on any atom is -0.519 e. The minimum atomic E-state index is -0.590. The molecule has 0 aliphatic rings. The van der Waals surface area contributed by atoms with Crippen molar-refractivity contribution in [2.75, 3.05) is 13.2 Å². The molecule has 0 heterocycles. The van der Waals surface area contributed by atoms with E-state index in [-0.39, 0.29) is 0 Å². The smallest absolute Gasteiger partial charge is 0.519 e. The summed E-state index contributed by atoms with van der Waals surface area (Å²) in [4.78, 5) is 0. The fourth-order valence-corrected chi connectivity index (χ4v) is 0.477. The van der Waals surface area contributed by atoms with Gasteiger partial charge in [0.25, 0.3) is 0 Å². The Balaban J connectivity index is 3.38. The summed E-state index contributed by atoms with van der Waals surface area (Å²) in [5.41, 5.74) is 0. The molecule has 0 bridgehead atoms. The molecule has 0 aromatic carbocycles. The molecule has 0 spiro atoms. The standard InChI is InChI=1S/C6H13BO3/c1-4-8-7(9-5-2)10-6-3/h4H,1,5-6H2,2-3H3. The van der Waals surface area contributed by atoms with Crippen LogP contribution in [0.1, 0.15) is 13.8 Å². The highest BCUT2D eigenvalue weighted by Gasteiger charge is 2.19. The first-order valence-corrected chi connectivity index (χ1v) is 3.34. The monoisotopic (exact) mass is 144 g/mol. The van der Waals surface area contributed by atoms with Crippen molar-refractivity contribution < 1.29 is 14.0 Å². The summed E-state index contributed by atoms with van der Waals surface area (Å²) >= 11 is 0. The van der Waals surface area contributed by atoms with E-state index in [0.29, 0.717) is 13.2 Å². The van der Waals surface area contributed by atoms with E-state index in [2.05, 4.69) is 6.58 Å². The fraction of sp³-hybridized carbons (Fsp3) is 0.667. The van der Waals surface area contributed by atoms with Crippen LogP contribution in [0, 0.1) is 0 Å². The topological polar surface area (TPSA) is 27.7 Å². The molecule has 0 aromatic rings. The second kappa shape index (κ2) is 6.64. The predicted octanol–water partition coefficient (Wildman–Crippen LogP) is 1.20. The van der Waals surface area contributed by atoms with Crippen LogP contribution in [0.4, 0.5) is 0 Å². The van der Waals surface area contributed by atoms with Crippen LogP contribution in [0.25, 0.3) is 0 Å². The van der Waals surface area contributed by atoms with E-state index in [4.69, 9.17) is 14.0 Å². The molecule has 0 atom stereocenters. The van der Waals surface area contributed by atoms with Crippen LogP contribution in [0.2, 0.25) is 0 Å². The molecule has 0 amide bonds. The average molecular weight is 144 g/mol. The summed E-state index contributed by atoms with van der Waals surface area (Å²) in [5, 5.41) is 0. The number of rotatable bonds is 6. The zero-order valence-electron chi connectivity index (χ0n) is 6.50. The number of hydrogen-bond acceptors (Lipinski definition) is 3. The maximum atomic E-state index is 5.01. The second-order valence-electron chi connectivity index (χ2n) is 1.50. The lowest BCUT2D eigenvalue weighted by Gasteiger charge is -2.08. The molecule has 10 heavy (non-hydrogen) atoms. The quantitative estimate of drug-likeness (QED) is 0.414. The normalized spacial score (nSPS) is 9.00. The van der Waals surface area contributed by atoms with Gasteiger partial charge in [0.2, 0.25) is 0 Å². The average Bonchev–Trinajstić information content (AvgIpc) is 1.90. The Morgan fingerprint density at radius 2 is 1.80 bits per heavy atom. The Bertz CT molecular complexity index is 81.1. The van der Waals surface area contributed by atoms with Crippen molar-refractivity contribution in [3.05, 3.63) is 12.8 Å². The third-order valence-electron chi connectivity index (χ3n) is 0.813. The van der Waals surface area contributed by atoms with E-state index in [9.17, 15) is 0 Å². The van der Waals surface area contributed by atoms with Crippen LogP contribution in [-0.4, -0.2) is 20.5 Å². The molecule has 0 unspecified atom stereocenters. The predicted molar refractivity (Wildman–Crippen MR) is 40.3 cm³/mol. The van der Waals surface area contributed by atoms with Crippen LogP contribution in [0.3, 0.4) is 0 Å². The molecule has 0 aromatic heterocycles. The highest BCUT2D eigenvalue weighted by molar-refractivity contribution is 6.36. The highest BCUT2D eigenvalue weighted by atomic mass is 16.7. The minimum absolute atomic E-state index is 0.568. The summed E-state index contributed by atoms with van der Waals surface area (Å²) in [6.45, 7) is 8.27. The van der Waals surface area contributed by atoms with Gasteiger partial charge in [0.1, 0.15) is 0 Å². The third kappa shape index (κ3) is 4.41. The van der Waals surface area contributed by atoms with E-state index >= 15 is 0 Å². The Kier molecular flexibility index (Phi) is 6.33. The Morgan fingerprint density at radius 3 is 2.10 bits per heavy atom. The molecule has 0 N–H and O–H groups in total. The summed E-state index contributed by atoms with van der Waals surface area (Å²) in [6, 6.07) is 0. The van der Waals surface area contributed by atoms with E-state index in [1.165, 1.54) is 6.26 Å². The van der Waals surface area contributed by atoms with Gasteiger partial charge < -0.3 is 14.0 Å². The largest absolute Gasteiger partial charge is 0.712 e. The third-order valence-corrected chi connectivity index (χ3v) is 0.813. The van der Waals surface area contributed by atoms with Gasteiger partial charge in [-0.25, -0.2) is 0 Å². The molecule has 58 valence electrons. The maximum Gasteiger partial charge on any atom is 0.712 e. The van der Waals surface area contributed by atoms with E-state index in [1.807, 2.05) is 13.8 Å². The molecule has 0 rings (SSSR count). The molecule has 0 radical (unpaired) electrons. The molecular weight excluding hydrogens is 131 g/mol. The first-order valence-electron chi connectivity index (χ1n) is 3.34. The van der Waals surface area contributed by atoms with Crippen molar-refractivity contribution in [1.29, 1.82) is 0 Å². The summed E-state index contributed by atoms with van der Waals surface area (Å²) in [6.07, 6.45) is 1.30. The van der Waals surface area contributed by atoms with Gasteiger partial charge in [-0.2, -0.15) is 0 Å². The molecule has 0 fully saturated rings. The molecule has 4 heteroatoms. The van der Waals surface area contributed by atoms with Crippen LogP contribution in [0.5, 0.6) is 0 Å². The lowest BCUT2D eigenvalue weighted by molar-refractivity contribution is 0.137. The van der Waals surface area contributed by atoms with Crippen LogP contribution < -0.4 is 0 Å². The summed E-state index contributed by atoms with van der Waals surface area (Å²) in [7, 11) is -0.590. The van der Waals surface area contributed by atoms with Crippen molar-refractivity contribution in [2.45, 2.75) is 13.8 Å². The first-order chi connectivity index (χ1) is 4.85. The molecular formula is C6H13BO3. The first kappa shape index (κ1) is 9.52.